The van der Waals surface area contributed by atoms with Crippen molar-refractivity contribution < 1.29 is 8.78 Å². The van der Waals surface area contributed by atoms with Gasteiger partial charge in [-0.1, -0.05) is 29.8 Å². The quantitative estimate of drug-likeness (QED) is 0.345. The highest BCUT2D eigenvalue weighted by Crippen LogP contribution is 2.35. The summed E-state index contributed by atoms with van der Waals surface area (Å²) >= 11 is 8.33. The van der Waals surface area contributed by atoms with E-state index in [1.807, 2.05) is 23.5 Å². The molecule has 1 aromatic carbocycles. The number of aromatic nitrogens is 1. The molecule has 2 rings (SSSR count). The monoisotopic (exact) mass is 372 g/mol. The van der Waals surface area contributed by atoms with Crippen LogP contribution in [0.3, 0.4) is 0 Å². The molecule has 23 heavy (non-hydrogen) atoms. The molecule has 0 fully saturated rings. The van der Waals surface area contributed by atoms with Crippen LogP contribution in [0.25, 0.3) is 0 Å². The number of nitrogens with zero attached hydrogens (tertiary/aromatic N) is 2. The molecule has 1 aromatic heterocycles. The number of hydrogen-bond acceptors (Lipinski definition) is 4. The van der Waals surface area contributed by atoms with Gasteiger partial charge < -0.3 is 0 Å². The zero-order chi connectivity index (χ0) is 17.0. The predicted octanol–water partition coefficient (Wildman–Crippen LogP) is 6.11. The molecule has 2 aromatic rings. The molecule has 2 nitrogen and oxygen atoms in total. The first-order valence-corrected chi connectivity index (χ1v) is 8.73. The number of hydrogen-bond donors (Lipinski definition) is 0. The lowest BCUT2D eigenvalue weighted by molar-refractivity contribution is 0.566. The van der Waals surface area contributed by atoms with E-state index >= 15 is 0 Å². The summed E-state index contributed by atoms with van der Waals surface area (Å²) in [5, 5.41) is 2.45. The van der Waals surface area contributed by atoms with E-state index in [2.05, 4.69) is 11.6 Å². The van der Waals surface area contributed by atoms with Gasteiger partial charge in [-0.05, 0) is 37.4 Å². The van der Waals surface area contributed by atoms with E-state index in [0.717, 1.165) is 34.3 Å². The Balaban J connectivity index is 2.34. The van der Waals surface area contributed by atoms with E-state index in [1.54, 1.807) is 12.3 Å². The Morgan fingerprint density at radius 2 is 2.13 bits per heavy atom. The van der Waals surface area contributed by atoms with E-state index < -0.39 is 11.6 Å². The van der Waals surface area contributed by atoms with Gasteiger partial charge in [0.05, 0.1) is 16.5 Å². The largest absolute Gasteiger partial charge is 0.283 e. The Kier molecular flexibility index (Phi) is 6.21. The van der Waals surface area contributed by atoms with E-state index in [9.17, 15) is 8.78 Å². The second kappa shape index (κ2) is 7.95. The Labute approximate surface area is 147 Å². The molecule has 0 bridgehead atoms. The molecular formula is C16H15ClF2N2S2. The molecule has 0 saturated heterocycles. The van der Waals surface area contributed by atoms with Gasteiger partial charge in [0.1, 0.15) is 11.6 Å². The molecule has 0 aliphatic heterocycles. The molecule has 0 amide bonds. The maximum atomic E-state index is 14.0. The van der Waals surface area contributed by atoms with E-state index in [0.29, 0.717) is 6.54 Å². The lowest BCUT2D eigenvalue weighted by atomic mass is 10.1. The van der Waals surface area contributed by atoms with Gasteiger partial charge in [-0.15, -0.1) is 11.3 Å². The van der Waals surface area contributed by atoms with Gasteiger partial charge in [-0.3, -0.25) is 4.31 Å². The van der Waals surface area contributed by atoms with Crippen LogP contribution in [0, 0.1) is 11.6 Å². The first-order chi connectivity index (χ1) is 10.9. The Hall–Kier alpha value is -1.37. The van der Waals surface area contributed by atoms with Crippen LogP contribution in [0.15, 0.2) is 52.4 Å². The zero-order valence-electron chi connectivity index (χ0n) is 12.6. The number of anilines is 1. The van der Waals surface area contributed by atoms with Crippen LogP contribution in [0.2, 0.25) is 5.02 Å². The molecule has 0 aliphatic carbocycles. The van der Waals surface area contributed by atoms with Crippen LogP contribution < -0.4 is 4.31 Å². The number of benzene rings is 1. The van der Waals surface area contributed by atoms with Crippen LogP contribution in [0.4, 0.5) is 13.9 Å². The molecule has 0 N–H and O–H groups in total. The van der Waals surface area contributed by atoms with Gasteiger partial charge in [0, 0.05) is 17.6 Å². The fourth-order valence-electron chi connectivity index (χ4n) is 1.75. The molecule has 7 heteroatoms. The molecular weight excluding hydrogens is 358 g/mol. The first-order valence-electron chi connectivity index (χ1n) is 6.70. The maximum absolute atomic E-state index is 14.0. The third-order valence-electron chi connectivity index (χ3n) is 3.02. The molecule has 122 valence electrons. The Morgan fingerprint density at radius 1 is 1.39 bits per heavy atom. The minimum atomic E-state index is -0.773. The van der Waals surface area contributed by atoms with Crippen LogP contribution in [-0.2, 0) is 0 Å². The lowest BCUT2D eigenvalue weighted by Crippen LogP contribution is -2.18. The highest BCUT2D eigenvalue weighted by atomic mass is 35.5. The minimum Gasteiger partial charge on any atom is -0.283 e. The fraction of sp³-hybridized carbons (Fsp3) is 0.188. The van der Waals surface area contributed by atoms with Crippen LogP contribution in [0.1, 0.15) is 13.8 Å². The van der Waals surface area contributed by atoms with Crippen molar-refractivity contribution in [3.63, 3.8) is 0 Å². The molecule has 1 heterocycles. The molecule has 0 aliphatic rings. The number of thiazole rings is 1. The van der Waals surface area contributed by atoms with Crippen molar-refractivity contribution in [1.82, 2.24) is 4.98 Å². The molecule has 0 saturated carbocycles. The van der Waals surface area contributed by atoms with E-state index in [4.69, 9.17) is 11.6 Å². The number of halogens is 3. The van der Waals surface area contributed by atoms with E-state index in [-0.39, 0.29) is 9.92 Å². The van der Waals surface area contributed by atoms with Gasteiger partial charge in [0.15, 0.2) is 5.13 Å². The third kappa shape index (κ3) is 4.56. The summed E-state index contributed by atoms with van der Waals surface area (Å²) in [6, 6.07) is 2.08. The summed E-state index contributed by atoms with van der Waals surface area (Å²) < 4.78 is 29.2. The topological polar surface area (TPSA) is 16.1 Å². The van der Waals surface area contributed by atoms with Crippen molar-refractivity contribution in [2.45, 2.75) is 18.7 Å². The van der Waals surface area contributed by atoms with Gasteiger partial charge in [0.25, 0.3) is 0 Å². The Bertz CT molecular complexity index is 726. The SMILES string of the molecule is C=CC(CN(Sc1cc(Cl)c(F)cc1F)c1nccs1)=C(C)C. The first kappa shape index (κ1) is 18.0. The summed E-state index contributed by atoms with van der Waals surface area (Å²) in [6.45, 7) is 8.28. The normalized spacial score (nSPS) is 10.5. The van der Waals surface area contributed by atoms with E-state index in [1.165, 1.54) is 17.4 Å². The third-order valence-corrected chi connectivity index (χ3v) is 5.25. The molecule has 0 unspecified atom stereocenters. The van der Waals surface area contributed by atoms with Crippen molar-refractivity contribution in [3.05, 3.63) is 64.2 Å². The van der Waals surface area contributed by atoms with Gasteiger partial charge in [0.2, 0.25) is 0 Å². The highest BCUT2D eigenvalue weighted by molar-refractivity contribution is 8.00. The van der Waals surface area contributed by atoms with Crippen molar-refractivity contribution in [1.29, 1.82) is 0 Å². The van der Waals surface area contributed by atoms with Gasteiger partial charge in [-0.2, -0.15) is 0 Å². The summed E-state index contributed by atoms with van der Waals surface area (Å²) in [5.41, 5.74) is 2.13. The smallest absolute Gasteiger partial charge is 0.195 e. The Morgan fingerprint density at radius 3 is 2.70 bits per heavy atom. The molecule has 0 radical (unpaired) electrons. The maximum Gasteiger partial charge on any atom is 0.195 e. The van der Waals surface area contributed by atoms with Crippen molar-refractivity contribution >= 4 is 40.0 Å². The van der Waals surface area contributed by atoms with Crippen LogP contribution in [-0.4, -0.2) is 11.5 Å². The average Bonchev–Trinajstić information content (AvgIpc) is 3.02. The van der Waals surface area contributed by atoms with Gasteiger partial charge in [-0.25, -0.2) is 13.8 Å². The predicted molar refractivity (Wildman–Crippen MR) is 95.3 cm³/mol. The standard InChI is InChI=1S/C16H15ClF2N2S2/c1-4-11(10(2)3)9-21(16-20-5-6-22-16)23-15-7-12(17)13(18)8-14(15)19/h4-8H,1,9H2,2-3H3. The van der Waals surface area contributed by atoms with Crippen molar-refractivity contribution in [2.75, 3.05) is 10.8 Å². The zero-order valence-corrected chi connectivity index (χ0v) is 15.0. The van der Waals surface area contributed by atoms with Crippen LogP contribution >= 0.6 is 34.9 Å². The second-order valence-corrected chi connectivity index (χ2v) is 7.21. The summed E-state index contributed by atoms with van der Waals surface area (Å²) in [4.78, 5) is 4.51. The minimum absolute atomic E-state index is 0.112. The van der Waals surface area contributed by atoms with Crippen molar-refractivity contribution in [2.24, 2.45) is 0 Å². The van der Waals surface area contributed by atoms with Crippen LogP contribution in [0.5, 0.6) is 0 Å². The average molecular weight is 373 g/mol. The number of rotatable bonds is 6. The fourth-order valence-corrected chi connectivity index (χ4v) is 3.65. The summed E-state index contributed by atoms with van der Waals surface area (Å²) in [7, 11) is 0. The lowest BCUT2D eigenvalue weighted by Gasteiger charge is -2.22. The second-order valence-electron chi connectivity index (χ2n) is 4.87. The highest BCUT2D eigenvalue weighted by Gasteiger charge is 2.17. The van der Waals surface area contributed by atoms with Gasteiger partial charge >= 0.3 is 0 Å². The molecule has 0 spiro atoms. The summed E-state index contributed by atoms with van der Waals surface area (Å²) in [5.74, 6) is -1.43. The summed E-state index contributed by atoms with van der Waals surface area (Å²) in [6.07, 6.45) is 3.45. The van der Waals surface area contributed by atoms with Crippen molar-refractivity contribution in [3.8, 4) is 0 Å². The number of allylic oxidation sites excluding steroid dienone is 1. The molecule has 0 atom stereocenters.